The van der Waals surface area contributed by atoms with E-state index < -0.39 is 6.04 Å². The third-order valence-corrected chi connectivity index (χ3v) is 4.61. The normalized spacial score (nSPS) is 13.9. The van der Waals surface area contributed by atoms with Crippen molar-refractivity contribution in [3.63, 3.8) is 0 Å². The van der Waals surface area contributed by atoms with Crippen molar-refractivity contribution in [1.82, 2.24) is 14.9 Å². The maximum Gasteiger partial charge on any atom is 0.255 e. The first kappa shape index (κ1) is 16.9. The molecule has 1 aliphatic rings. The molecular weight excluding hydrogens is 340 g/mol. The van der Waals surface area contributed by atoms with Crippen LogP contribution in [0.15, 0.2) is 73.2 Å². The van der Waals surface area contributed by atoms with E-state index in [1.807, 2.05) is 42.5 Å². The first-order chi connectivity index (χ1) is 13.2. The van der Waals surface area contributed by atoms with Crippen LogP contribution >= 0.6 is 0 Å². The summed E-state index contributed by atoms with van der Waals surface area (Å²) in [4.78, 5) is 35.6. The van der Waals surface area contributed by atoms with Crippen molar-refractivity contribution in [2.75, 3.05) is 5.32 Å². The number of hydrogen-bond donors (Lipinski definition) is 1. The first-order valence-electron chi connectivity index (χ1n) is 8.72. The van der Waals surface area contributed by atoms with Crippen LogP contribution in [0.5, 0.6) is 0 Å². The molecule has 27 heavy (non-hydrogen) atoms. The van der Waals surface area contributed by atoms with E-state index in [1.54, 1.807) is 35.6 Å². The summed E-state index contributed by atoms with van der Waals surface area (Å²) in [5, 5.41) is 2.79. The standard InChI is InChI=1S/C21H18N4O2/c26-20(24-19-9-3-4-11-23-19)12-18(15-7-5-10-22-13-15)25-14-16-6-1-2-8-17(16)21(25)27/h1-11,13,18H,12,14H2,(H,23,24,26). The molecule has 0 saturated heterocycles. The average Bonchev–Trinajstić information content (AvgIpc) is 3.04. The van der Waals surface area contributed by atoms with Crippen molar-refractivity contribution < 1.29 is 9.59 Å². The summed E-state index contributed by atoms with van der Waals surface area (Å²) in [6, 6.07) is 16.2. The zero-order valence-corrected chi connectivity index (χ0v) is 14.6. The van der Waals surface area contributed by atoms with Gasteiger partial charge in [0.05, 0.1) is 12.5 Å². The molecule has 1 N–H and O–H groups in total. The highest BCUT2D eigenvalue weighted by molar-refractivity contribution is 5.99. The summed E-state index contributed by atoms with van der Waals surface area (Å²) >= 11 is 0. The predicted molar refractivity (Wildman–Crippen MR) is 101 cm³/mol. The number of anilines is 1. The fourth-order valence-corrected chi connectivity index (χ4v) is 3.32. The molecule has 0 fully saturated rings. The van der Waals surface area contributed by atoms with Crippen LogP contribution in [0.25, 0.3) is 0 Å². The van der Waals surface area contributed by atoms with E-state index >= 15 is 0 Å². The summed E-state index contributed by atoms with van der Waals surface area (Å²) < 4.78 is 0. The largest absolute Gasteiger partial charge is 0.327 e. The highest BCUT2D eigenvalue weighted by atomic mass is 16.2. The molecule has 1 atom stereocenters. The minimum absolute atomic E-state index is 0.0647. The van der Waals surface area contributed by atoms with E-state index in [2.05, 4.69) is 15.3 Å². The molecule has 0 bridgehead atoms. The van der Waals surface area contributed by atoms with E-state index in [-0.39, 0.29) is 18.2 Å². The zero-order chi connectivity index (χ0) is 18.6. The predicted octanol–water partition coefficient (Wildman–Crippen LogP) is 3.20. The Balaban J connectivity index is 1.59. The molecule has 0 spiro atoms. The van der Waals surface area contributed by atoms with Gasteiger partial charge in [0.15, 0.2) is 0 Å². The van der Waals surface area contributed by atoms with Crippen LogP contribution in [0.1, 0.15) is 33.9 Å². The summed E-state index contributed by atoms with van der Waals surface area (Å²) in [6.07, 6.45) is 5.13. The van der Waals surface area contributed by atoms with Gasteiger partial charge >= 0.3 is 0 Å². The van der Waals surface area contributed by atoms with Crippen LogP contribution < -0.4 is 5.32 Å². The fourth-order valence-electron chi connectivity index (χ4n) is 3.32. The number of fused-ring (bicyclic) bond motifs is 1. The third-order valence-electron chi connectivity index (χ3n) is 4.61. The summed E-state index contributed by atoms with van der Waals surface area (Å²) in [6.45, 7) is 0.478. The highest BCUT2D eigenvalue weighted by Gasteiger charge is 2.34. The van der Waals surface area contributed by atoms with Gasteiger partial charge in [-0.1, -0.05) is 30.3 Å². The van der Waals surface area contributed by atoms with Gasteiger partial charge < -0.3 is 10.2 Å². The molecule has 1 aliphatic heterocycles. The van der Waals surface area contributed by atoms with Crippen molar-refractivity contribution >= 4 is 17.6 Å². The lowest BCUT2D eigenvalue weighted by atomic mass is 10.0. The number of pyridine rings is 2. The Hall–Kier alpha value is -3.54. The maximum atomic E-state index is 12.9. The number of carbonyl (C=O) groups excluding carboxylic acids is 2. The molecular formula is C21H18N4O2. The molecule has 3 aromatic rings. The molecule has 2 amide bonds. The molecule has 1 unspecified atom stereocenters. The fraction of sp³-hybridized carbons (Fsp3) is 0.143. The lowest BCUT2D eigenvalue weighted by molar-refractivity contribution is -0.117. The SMILES string of the molecule is O=C(CC(c1cccnc1)N1Cc2ccccc2C1=O)Nc1ccccn1. The highest BCUT2D eigenvalue weighted by Crippen LogP contribution is 2.33. The summed E-state index contributed by atoms with van der Waals surface area (Å²) in [5.41, 5.74) is 2.49. The zero-order valence-electron chi connectivity index (χ0n) is 14.6. The molecule has 4 rings (SSSR count). The summed E-state index contributed by atoms with van der Waals surface area (Å²) in [5.74, 6) is 0.222. The number of nitrogens with zero attached hydrogens (tertiary/aromatic N) is 3. The Morgan fingerprint density at radius 2 is 1.93 bits per heavy atom. The number of amides is 2. The second-order valence-electron chi connectivity index (χ2n) is 6.36. The molecule has 6 nitrogen and oxygen atoms in total. The van der Waals surface area contributed by atoms with Crippen molar-refractivity contribution in [2.24, 2.45) is 0 Å². The van der Waals surface area contributed by atoms with Gasteiger partial charge in [0, 0.05) is 30.7 Å². The van der Waals surface area contributed by atoms with Gasteiger partial charge in [0.1, 0.15) is 5.82 Å². The van der Waals surface area contributed by atoms with Gasteiger partial charge in [0.2, 0.25) is 5.91 Å². The molecule has 0 radical (unpaired) electrons. The smallest absolute Gasteiger partial charge is 0.255 e. The molecule has 3 heterocycles. The average molecular weight is 358 g/mol. The van der Waals surface area contributed by atoms with Crippen LogP contribution in [0.2, 0.25) is 0 Å². The number of carbonyl (C=O) groups is 2. The van der Waals surface area contributed by atoms with Gasteiger partial charge in [-0.3, -0.25) is 14.6 Å². The minimum Gasteiger partial charge on any atom is -0.327 e. The van der Waals surface area contributed by atoms with Crippen molar-refractivity contribution in [3.8, 4) is 0 Å². The van der Waals surface area contributed by atoms with Crippen molar-refractivity contribution in [3.05, 3.63) is 89.9 Å². The topological polar surface area (TPSA) is 75.2 Å². The molecule has 2 aromatic heterocycles. The third kappa shape index (κ3) is 3.55. The van der Waals surface area contributed by atoms with E-state index in [0.29, 0.717) is 17.9 Å². The second kappa shape index (κ2) is 7.37. The van der Waals surface area contributed by atoms with E-state index in [1.165, 1.54) is 0 Å². The Bertz CT molecular complexity index is 960. The number of rotatable bonds is 5. The van der Waals surface area contributed by atoms with Crippen LogP contribution in [-0.2, 0) is 11.3 Å². The Labute approximate surface area is 156 Å². The lowest BCUT2D eigenvalue weighted by Gasteiger charge is -2.27. The van der Waals surface area contributed by atoms with Gasteiger partial charge in [-0.05, 0) is 35.4 Å². The van der Waals surface area contributed by atoms with Crippen LogP contribution in [0.3, 0.4) is 0 Å². The van der Waals surface area contributed by atoms with E-state index in [4.69, 9.17) is 0 Å². The Kier molecular flexibility index (Phi) is 4.61. The molecule has 6 heteroatoms. The lowest BCUT2D eigenvalue weighted by Crippen LogP contribution is -2.32. The van der Waals surface area contributed by atoms with Gasteiger partial charge in [-0.15, -0.1) is 0 Å². The molecule has 0 aliphatic carbocycles. The van der Waals surface area contributed by atoms with Crippen LogP contribution in [0.4, 0.5) is 5.82 Å². The quantitative estimate of drug-likeness (QED) is 0.760. The van der Waals surface area contributed by atoms with Crippen LogP contribution in [-0.4, -0.2) is 26.7 Å². The number of aromatic nitrogens is 2. The maximum absolute atomic E-state index is 12.9. The number of nitrogens with one attached hydrogen (secondary N) is 1. The number of benzene rings is 1. The van der Waals surface area contributed by atoms with Crippen molar-refractivity contribution in [1.29, 1.82) is 0 Å². The van der Waals surface area contributed by atoms with Crippen molar-refractivity contribution in [2.45, 2.75) is 19.0 Å². The van der Waals surface area contributed by atoms with E-state index in [0.717, 1.165) is 11.1 Å². The Morgan fingerprint density at radius 3 is 2.67 bits per heavy atom. The van der Waals surface area contributed by atoms with Crippen LogP contribution in [0, 0.1) is 0 Å². The second-order valence-corrected chi connectivity index (χ2v) is 6.36. The first-order valence-corrected chi connectivity index (χ1v) is 8.72. The molecule has 1 aromatic carbocycles. The minimum atomic E-state index is -0.401. The number of hydrogen-bond acceptors (Lipinski definition) is 4. The molecule has 134 valence electrons. The Morgan fingerprint density at radius 1 is 1.07 bits per heavy atom. The van der Waals surface area contributed by atoms with Gasteiger partial charge in [0.25, 0.3) is 5.91 Å². The monoisotopic (exact) mass is 358 g/mol. The summed E-state index contributed by atoms with van der Waals surface area (Å²) in [7, 11) is 0. The van der Waals surface area contributed by atoms with Gasteiger partial charge in [-0.25, -0.2) is 4.98 Å². The van der Waals surface area contributed by atoms with E-state index in [9.17, 15) is 9.59 Å². The molecule has 0 saturated carbocycles. The van der Waals surface area contributed by atoms with Gasteiger partial charge in [-0.2, -0.15) is 0 Å².